The highest BCUT2D eigenvalue weighted by Crippen LogP contribution is 2.29. The van der Waals surface area contributed by atoms with Gasteiger partial charge in [-0.15, -0.1) is 10.2 Å². The van der Waals surface area contributed by atoms with Gasteiger partial charge in [-0.05, 0) is 30.3 Å². The number of thioether (sulfide) groups is 1. The van der Waals surface area contributed by atoms with E-state index in [1.807, 2.05) is 24.3 Å². The standard InChI is InChI=1S/C17H11Cl2N5OS2/c18-9-5-6-10(11(19)7-9)15(25)22-16-23-24-17(27-16)26-8-14-20-12-3-1-2-4-13(12)21-14/h1-7H,8H2,(H,20,21)(H,22,23,25). The number of rotatable bonds is 5. The van der Waals surface area contributed by atoms with E-state index in [-0.39, 0.29) is 10.9 Å². The number of imidazole rings is 1. The van der Waals surface area contributed by atoms with Crippen molar-refractivity contribution in [2.24, 2.45) is 0 Å². The van der Waals surface area contributed by atoms with Crippen LogP contribution in [-0.4, -0.2) is 26.1 Å². The van der Waals surface area contributed by atoms with Gasteiger partial charge in [0.25, 0.3) is 5.91 Å². The second-order valence-electron chi connectivity index (χ2n) is 5.44. The summed E-state index contributed by atoms with van der Waals surface area (Å²) in [7, 11) is 0. The molecule has 4 aromatic rings. The van der Waals surface area contributed by atoms with Gasteiger partial charge in [0, 0.05) is 5.02 Å². The summed E-state index contributed by atoms with van der Waals surface area (Å²) < 4.78 is 0.730. The SMILES string of the molecule is O=C(Nc1nnc(SCc2nc3ccccc3[nH]2)s1)c1ccc(Cl)cc1Cl. The smallest absolute Gasteiger partial charge is 0.259 e. The molecule has 0 saturated carbocycles. The van der Waals surface area contributed by atoms with Gasteiger partial charge < -0.3 is 4.98 Å². The lowest BCUT2D eigenvalue weighted by Crippen LogP contribution is -2.12. The Morgan fingerprint density at radius 3 is 2.85 bits per heavy atom. The van der Waals surface area contributed by atoms with Gasteiger partial charge in [-0.2, -0.15) is 0 Å². The number of nitrogens with zero attached hydrogens (tertiary/aromatic N) is 3. The number of nitrogens with one attached hydrogen (secondary N) is 2. The molecular weight excluding hydrogens is 425 g/mol. The third kappa shape index (κ3) is 4.24. The first kappa shape index (κ1) is 18.2. The van der Waals surface area contributed by atoms with Gasteiger partial charge in [0.05, 0.1) is 27.4 Å². The number of H-pyrrole nitrogens is 1. The number of halogens is 2. The van der Waals surface area contributed by atoms with Gasteiger partial charge in [0.2, 0.25) is 5.13 Å². The third-order valence-electron chi connectivity index (χ3n) is 3.57. The van der Waals surface area contributed by atoms with Crippen molar-refractivity contribution in [1.29, 1.82) is 0 Å². The van der Waals surface area contributed by atoms with Crippen LogP contribution in [0.4, 0.5) is 5.13 Å². The van der Waals surface area contributed by atoms with Crippen molar-refractivity contribution in [3.8, 4) is 0 Å². The van der Waals surface area contributed by atoms with E-state index in [4.69, 9.17) is 23.2 Å². The maximum Gasteiger partial charge on any atom is 0.259 e. The second-order valence-corrected chi connectivity index (χ2v) is 8.48. The molecule has 0 aliphatic carbocycles. The Bertz CT molecular complexity index is 1090. The zero-order valence-corrected chi connectivity index (χ0v) is 16.7. The number of aromatic nitrogens is 4. The molecule has 0 aliphatic rings. The largest absolute Gasteiger partial charge is 0.341 e. The van der Waals surface area contributed by atoms with Crippen LogP contribution >= 0.6 is 46.3 Å². The van der Waals surface area contributed by atoms with Crippen molar-refractivity contribution >= 4 is 68.4 Å². The molecule has 0 saturated heterocycles. The molecule has 0 fully saturated rings. The number of amides is 1. The highest BCUT2D eigenvalue weighted by Gasteiger charge is 2.14. The maximum atomic E-state index is 12.3. The minimum Gasteiger partial charge on any atom is -0.341 e. The summed E-state index contributed by atoms with van der Waals surface area (Å²) in [6, 6.07) is 12.6. The van der Waals surface area contributed by atoms with Gasteiger partial charge in [-0.3, -0.25) is 10.1 Å². The number of carbonyl (C=O) groups excluding carboxylic acids is 1. The predicted molar refractivity (Wildman–Crippen MR) is 110 cm³/mol. The monoisotopic (exact) mass is 435 g/mol. The summed E-state index contributed by atoms with van der Waals surface area (Å²) in [5.41, 5.74) is 2.25. The zero-order chi connectivity index (χ0) is 18.8. The Kier molecular flexibility index (Phi) is 5.31. The number of hydrogen-bond acceptors (Lipinski definition) is 6. The molecule has 2 aromatic heterocycles. The summed E-state index contributed by atoms with van der Waals surface area (Å²) in [5, 5.41) is 11.9. The van der Waals surface area contributed by atoms with Crippen molar-refractivity contribution < 1.29 is 4.79 Å². The van der Waals surface area contributed by atoms with Crippen LogP contribution in [0.5, 0.6) is 0 Å². The fourth-order valence-electron chi connectivity index (χ4n) is 2.36. The van der Waals surface area contributed by atoms with Gasteiger partial charge in [0.1, 0.15) is 5.82 Å². The van der Waals surface area contributed by atoms with Crippen LogP contribution < -0.4 is 5.32 Å². The van der Waals surface area contributed by atoms with Crippen LogP contribution in [0, 0.1) is 0 Å². The molecule has 10 heteroatoms. The van der Waals surface area contributed by atoms with Crippen molar-refractivity contribution in [2.45, 2.75) is 10.1 Å². The van der Waals surface area contributed by atoms with E-state index in [0.717, 1.165) is 21.2 Å². The Balaban J connectivity index is 1.40. The first-order valence-electron chi connectivity index (χ1n) is 7.75. The fraction of sp³-hybridized carbons (Fsp3) is 0.0588. The molecule has 136 valence electrons. The van der Waals surface area contributed by atoms with E-state index in [0.29, 0.717) is 21.5 Å². The molecule has 6 nitrogen and oxygen atoms in total. The average molecular weight is 436 g/mol. The average Bonchev–Trinajstić information content (AvgIpc) is 3.25. The summed E-state index contributed by atoms with van der Waals surface area (Å²) in [6.07, 6.45) is 0. The number of aromatic amines is 1. The van der Waals surface area contributed by atoms with E-state index in [2.05, 4.69) is 25.5 Å². The molecule has 0 unspecified atom stereocenters. The molecule has 0 radical (unpaired) electrons. The number of para-hydroxylation sites is 2. The Hall–Kier alpha value is -2.13. The van der Waals surface area contributed by atoms with Crippen LogP contribution in [0.3, 0.4) is 0 Å². The van der Waals surface area contributed by atoms with Crippen LogP contribution in [0.15, 0.2) is 46.8 Å². The van der Waals surface area contributed by atoms with Crippen molar-refractivity contribution in [2.75, 3.05) is 5.32 Å². The Labute approximate surface area is 172 Å². The van der Waals surface area contributed by atoms with Crippen LogP contribution in [-0.2, 0) is 5.75 Å². The Morgan fingerprint density at radius 1 is 1.19 bits per heavy atom. The fourth-order valence-corrected chi connectivity index (χ4v) is 4.47. The summed E-state index contributed by atoms with van der Waals surface area (Å²) >= 11 is 14.7. The van der Waals surface area contributed by atoms with E-state index >= 15 is 0 Å². The molecule has 0 bridgehead atoms. The molecule has 2 N–H and O–H groups in total. The topological polar surface area (TPSA) is 83.6 Å². The Morgan fingerprint density at radius 2 is 2.04 bits per heavy atom. The summed E-state index contributed by atoms with van der Waals surface area (Å²) in [5.74, 6) is 1.12. The molecule has 2 heterocycles. The quantitative estimate of drug-likeness (QED) is 0.329. The molecule has 0 aliphatic heterocycles. The van der Waals surface area contributed by atoms with Gasteiger partial charge in [-0.25, -0.2) is 4.98 Å². The minimum absolute atomic E-state index is 0.281. The molecule has 4 rings (SSSR count). The first-order chi connectivity index (χ1) is 13.1. The second kappa shape index (κ2) is 7.85. The van der Waals surface area contributed by atoms with Gasteiger partial charge >= 0.3 is 0 Å². The number of fused-ring (bicyclic) bond motifs is 1. The molecular formula is C17H11Cl2N5OS2. The predicted octanol–water partition coefficient (Wildman–Crippen LogP) is 5.27. The maximum absolute atomic E-state index is 12.3. The van der Waals surface area contributed by atoms with E-state index in [1.54, 1.807) is 12.1 Å². The zero-order valence-electron chi connectivity index (χ0n) is 13.6. The van der Waals surface area contributed by atoms with E-state index < -0.39 is 0 Å². The van der Waals surface area contributed by atoms with Crippen LogP contribution in [0.2, 0.25) is 10.0 Å². The van der Waals surface area contributed by atoms with Crippen molar-refractivity contribution in [1.82, 2.24) is 20.2 Å². The first-order valence-corrected chi connectivity index (χ1v) is 10.3. The molecule has 0 spiro atoms. The highest BCUT2D eigenvalue weighted by atomic mass is 35.5. The van der Waals surface area contributed by atoms with Crippen molar-refractivity contribution in [3.05, 3.63) is 63.9 Å². The van der Waals surface area contributed by atoms with Gasteiger partial charge in [-0.1, -0.05) is 58.4 Å². The highest BCUT2D eigenvalue weighted by molar-refractivity contribution is 8.00. The number of benzene rings is 2. The third-order valence-corrected chi connectivity index (χ3v) is 6.10. The number of anilines is 1. The lowest BCUT2D eigenvalue weighted by Gasteiger charge is -2.03. The minimum atomic E-state index is -0.360. The molecule has 27 heavy (non-hydrogen) atoms. The number of carbonyl (C=O) groups is 1. The van der Waals surface area contributed by atoms with Gasteiger partial charge in [0.15, 0.2) is 4.34 Å². The lowest BCUT2D eigenvalue weighted by molar-refractivity contribution is 0.102. The molecule has 0 atom stereocenters. The normalized spacial score (nSPS) is 11.0. The summed E-state index contributed by atoms with van der Waals surface area (Å²) in [6.45, 7) is 0. The van der Waals surface area contributed by atoms with Crippen LogP contribution in [0.25, 0.3) is 11.0 Å². The number of hydrogen-bond donors (Lipinski definition) is 2. The lowest BCUT2D eigenvalue weighted by atomic mass is 10.2. The molecule has 1 amide bonds. The van der Waals surface area contributed by atoms with E-state index in [1.165, 1.54) is 29.2 Å². The van der Waals surface area contributed by atoms with E-state index in [9.17, 15) is 4.79 Å². The summed E-state index contributed by atoms with van der Waals surface area (Å²) in [4.78, 5) is 20.1. The molecule has 2 aromatic carbocycles. The van der Waals surface area contributed by atoms with Crippen molar-refractivity contribution in [3.63, 3.8) is 0 Å². The van der Waals surface area contributed by atoms with Crippen LogP contribution in [0.1, 0.15) is 16.2 Å².